The minimum Gasteiger partial charge on any atom is -0.335 e. The van der Waals surface area contributed by atoms with Gasteiger partial charge in [0.25, 0.3) is 16.1 Å². The molecule has 0 bridgehead atoms. The summed E-state index contributed by atoms with van der Waals surface area (Å²) in [6.07, 6.45) is 0. The van der Waals surface area contributed by atoms with E-state index in [1.165, 1.54) is 25.5 Å². The number of hydrogen-bond acceptors (Lipinski definition) is 5. The second-order valence-electron chi connectivity index (χ2n) is 7.14. The van der Waals surface area contributed by atoms with Crippen LogP contribution in [-0.4, -0.2) is 72.1 Å². The van der Waals surface area contributed by atoms with Crippen molar-refractivity contribution in [1.29, 1.82) is 0 Å². The van der Waals surface area contributed by atoms with Crippen molar-refractivity contribution in [1.82, 2.24) is 18.5 Å². The standard InChI is InChI=1S/C20H28N4O3S2/c1-5-23(6-2)29(26,27)24-11-9-22(10-12-24)20(25)18-14-28-19(21-18)17-8-7-15(3)13-16(17)4/h7-8,13-14H,5-6,9-12H2,1-4H3. The molecule has 1 aromatic carbocycles. The number of amides is 1. The molecule has 0 aliphatic carbocycles. The molecule has 1 aliphatic rings. The van der Waals surface area contributed by atoms with Crippen molar-refractivity contribution in [2.24, 2.45) is 0 Å². The van der Waals surface area contributed by atoms with Crippen molar-refractivity contribution in [2.75, 3.05) is 39.3 Å². The molecule has 1 fully saturated rings. The maximum Gasteiger partial charge on any atom is 0.282 e. The van der Waals surface area contributed by atoms with Crippen LogP contribution in [0, 0.1) is 13.8 Å². The summed E-state index contributed by atoms with van der Waals surface area (Å²) in [4.78, 5) is 19.1. The molecule has 1 amide bonds. The monoisotopic (exact) mass is 436 g/mol. The van der Waals surface area contributed by atoms with Crippen LogP contribution in [0.15, 0.2) is 23.6 Å². The Bertz CT molecular complexity index is 975. The molecule has 9 heteroatoms. The van der Waals surface area contributed by atoms with E-state index in [-0.39, 0.29) is 5.91 Å². The Morgan fingerprint density at radius 3 is 2.38 bits per heavy atom. The summed E-state index contributed by atoms with van der Waals surface area (Å²) in [5, 5.41) is 2.62. The zero-order valence-electron chi connectivity index (χ0n) is 17.4. The van der Waals surface area contributed by atoms with Gasteiger partial charge in [0.1, 0.15) is 10.7 Å². The summed E-state index contributed by atoms with van der Waals surface area (Å²) in [6.45, 7) is 9.99. The lowest BCUT2D eigenvalue weighted by Crippen LogP contribution is -2.54. The predicted molar refractivity (Wildman–Crippen MR) is 116 cm³/mol. The third-order valence-corrected chi connectivity index (χ3v) is 8.28. The van der Waals surface area contributed by atoms with Crippen LogP contribution in [0.3, 0.4) is 0 Å². The summed E-state index contributed by atoms with van der Waals surface area (Å²) in [6, 6.07) is 6.18. The molecule has 29 heavy (non-hydrogen) atoms. The number of rotatable bonds is 6. The zero-order valence-corrected chi connectivity index (χ0v) is 19.0. The molecule has 3 rings (SSSR count). The van der Waals surface area contributed by atoms with Crippen molar-refractivity contribution < 1.29 is 13.2 Å². The molecule has 0 saturated carbocycles. The van der Waals surface area contributed by atoms with Gasteiger partial charge in [0, 0.05) is 50.2 Å². The van der Waals surface area contributed by atoms with E-state index in [0.717, 1.165) is 16.1 Å². The van der Waals surface area contributed by atoms with Crippen molar-refractivity contribution in [2.45, 2.75) is 27.7 Å². The van der Waals surface area contributed by atoms with Gasteiger partial charge in [0.2, 0.25) is 0 Å². The summed E-state index contributed by atoms with van der Waals surface area (Å²) in [5.74, 6) is -0.142. The SMILES string of the molecule is CCN(CC)S(=O)(=O)N1CCN(C(=O)c2csc(-c3ccc(C)cc3C)n2)CC1. The fourth-order valence-corrected chi connectivity index (χ4v) is 6.03. The van der Waals surface area contributed by atoms with Gasteiger partial charge in [-0.1, -0.05) is 37.6 Å². The molecular formula is C20H28N4O3S2. The van der Waals surface area contributed by atoms with Gasteiger partial charge in [-0.3, -0.25) is 4.79 Å². The van der Waals surface area contributed by atoms with Gasteiger partial charge in [-0.25, -0.2) is 4.98 Å². The number of piperazine rings is 1. The van der Waals surface area contributed by atoms with Crippen LogP contribution < -0.4 is 0 Å². The largest absolute Gasteiger partial charge is 0.335 e. The van der Waals surface area contributed by atoms with Gasteiger partial charge in [0.15, 0.2) is 0 Å². The topological polar surface area (TPSA) is 73.8 Å². The molecule has 0 radical (unpaired) electrons. The van der Waals surface area contributed by atoms with E-state index in [1.54, 1.807) is 10.3 Å². The average Bonchev–Trinajstić information content (AvgIpc) is 3.18. The van der Waals surface area contributed by atoms with E-state index in [0.29, 0.717) is 45.0 Å². The third-order valence-electron chi connectivity index (χ3n) is 5.22. The smallest absolute Gasteiger partial charge is 0.282 e. The van der Waals surface area contributed by atoms with Crippen LogP contribution in [0.2, 0.25) is 0 Å². The summed E-state index contributed by atoms with van der Waals surface area (Å²) >= 11 is 1.46. The molecule has 0 spiro atoms. The van der Waals surface area contributed by atoms with E-state index in [2.05, 4.69) is 11.1 Å². The normalized spacial score (nSPS) is 15.8. The Hall–Kier alpha value is -1.81. The molecule has 0 N–H and O–H groups in total. The molecule has 0 atom stereocenters. The lowest BCUT2D eigenvalue weighted by molar-refractivity contribution is 0.0689. The highest BCUT2D eigenvalue weighted by Gasteiger charge is 2.32. The van der Waals surface area contributed by atoms with Crippen LogP contribution in [0.25, 0.3) is 10.6 Å². The number of carbonyl (C=O) groups is 1. The van der Waals surface area contributed by atoms with Gasteiger partial charge >= 0.3 is 0 Å². The second-order valence-corrected chi connectivity index (χ2v) is 9.93. The van der Waals surface area contributed by atoms with Gasteiger partial charge in [-0.15, -0.1) is 11.3 Å². The lowest BCUT2D eigenvalue weighted by Gasteiger charge is -2.36. The highest BCUT2D eigenvalue weighted by molar-refractivity contribution is 7.86. The van der Waals surface area contributed by atoms with E-state index < -0.39 is 10.2 Å². The molecule has 158 valence electrons. The van der Waals surface area contributed by atoms with Crippen molar-refractivity contribution in [3.8, 4) is 10.6 Å². The average molecular weight is 437 g/mol. The van der Waals surface area contributed by atoms with Crippen LogP contribution >= 0.6 is 11.3 Å². The zero-order chi connectivity index (χ0) is 21.2. The number of aryl methyl sites for hydroxylation is 2. The highest BCUT2D eigenvalue weighted by Crippen LogP contribution is 2.28. The molecule has 1 saturated heterocycles. The number of thiazole rings is 1. The van der Waals surface area contributed by atoms with Crippen LogP contribution in [0.4, 0.5) is 0 Å². The minimum absolute atomic E-state index is 0.142. The van der Waals surface area contributed by atoms with Crippen molar-refractivity contribution >= 4 is 27.5 Å². The van der Waals surface area contributed by atoms with Gasteiger partial charge in [-0.2, -0.15) is 17.0 Å². The van der Waals surface area contributed by atoms with Gasteiger partial charge in [-0.05, 0) is 19.4 Å². The van der Waals surface area contributed by atoms with Crippen molar-refractivity contribution in [3.63, 3.8) is 0 Å². The van der Waals surface area contributed by atoms with E-state index in [9.17, 15) is 13.2 Å². The van der Waals surface area contributed by atoms with E-state index >= 15 is 0 Å². The second kappa shape index (κ2) is 8.91. The van der Waals surface area contributed by atoms with Crippen molar-refractivity contribution in [3.05, 3.63) is 40.4 Å². The first kappa shape index (κ1) is 21.9. The first-order chi connectivity index (χ1) is 13.8. The number of aromatic nitrogens is 1. The summed E-state index contributed by atoms with van der Waals surface area (Å²) < 4.78 is 28.2. The van der Waals surface area contributed by atoms with E-state index in [1.807, 2.05) is 39.8 Å². The Morgan fingerprint density at radius 1 is 1.14 bits per heavy atom. The maximum absolute atomic E-state index is 12.9. The Kier molecular flexibility index (Phi) is 6.72. The molecule has 2 heterocycles. The highest BCUT2D eigenvalue weighted by atomic mass is 32.2. The molecule has 2 aromatic rings. The molecule has 0 unspecified atom stereocenters. The molecule has 1 aliphatic heterocycles. The fourth-order valence-electron chi connectivity index (χ4n) is 3.55. The number of hydrogen-bond donors (Lipinski definition) is 0. The van der Waals surface area contributed by atoms with E-state index in [4.69, 9.17) is 0 Å². The molecule has 1 aromatic heterocycles. The molecular weight excluding hydrogens is 408 g/mol. The minimum atomic E-state index is -3.46. The first-order valence-electron chi connectivity index (χ1n) is 9.85. The number of nitrogens with zero attached hydrogens (tertiary/aromatic N) is 4. The quantitative estimate of drug-likeness (QED) is 0.698. The Morgan fingerprint density at radius 2 is 1.79 bits per heavy atom. The number of benzene rings is 1. The van der Waals surface area contributed by atoms with Crippen LogP contribution in [-0.2, 0) is 10.2 Å². The van der Waals surface area contributed by atoms with Gasteiger partial charge < -0.3 is 4.90 Å². The first-order valence-corrected chi connectivity index (χ1v) is 12.1. The molecule has 7 nitrogen and oxygen atoms in total. The lowest BCUT2D eigenvalue weighted by atomic mass is 10.1. The predicted octanol–water partition coefficient (Wildman–Crippen LogP) is 2.77. The Labute approximate surface area is 177 Å². The maximum atomic E-state index is 12.9. The van der Waals surface area contributed by atoms with Gasteiger partial charge in [0.05, 0.1) is 0 Å². The summed E-state index contributed by atoms with van der Waals surface area (Å²) in [7, 11) is -3.46. The van der Waals surface area contributed by atoms with Crippen LogP contribution in [0.1, 0.15) is 35.5 Å². The third kappa shape index (κ3) is 4.53. The number of carbonyl (C=O) groups excluding carboxylic acids is 1. The van der Waals surface area contributed by atoms with Crippen LogP contribution in [0.5, 0.6) is 0 Å². The fraction of sp³-hybridized carbons (Fsp3) is 0.500. The Balaban J connectivity index is 1.68. The summed E-state index contributed by atoms with van der Waals surface area (Å²) in [5.41, 5.74) is 3.78.